The highest BCUT2D eigenvalue weighted by molar-refractivity contribution is 5.76. The van der Waals surface area contributed by atoms with Crippen LogP contribution < -0.4 is 4.74 Å². The zero-order valence-corrected chi connectivity index (χ0v) is 15.0. The number of amides is 1. The lowest BCUT2D eigenvalue weighted by atomic mass is 10.0. The van der Waals surface area contributed by atoms with Crippen LogP contribution in [0.1, 0.15) is 44.6 Å². The number of nitriles is 1. The van der Waals surface area contributed by atoms with E-state index in [1.54, 1.807) is 12.1 Å². The number of hydrogen-bond donors (Lipinski definition) is 0. The largest absolute Gasteiger partial charge is 0.492 e. The molecular formula is C20H27N3O2. The van der Waals surface area contributed by atoms with E-state index in [2.05, 4.69) is 15.9 Å². The molecule has 2 atom stereocenters. The standard InChI is InChI=1S/C20H27N3O2/c1-2-20(24)23-12-4-6-19(23)18-5-3-11-22(18)13-14-25-17-9-7-16(15-21)8-10-17/h7-10,18-19H,2-6,11-14H2,1H3. The number of nitrogens with zero attached hydrogens (tertiary/aromatic N) is 3. The number of hydrogen-bond acceptors (Lipinski definition) is 4. The van der Waals surface area contributed by atoms with Crippen molar-refractivity contribution in [1.29, 1.82) is 5.26 Å². The monoisotopic (exact) mass is 341 g/mol. The lowest BCUT2D eigenvalue weighted by molar-refractivity contribution is -0.132. The Hall–Kier alpha value is -2.06. The average Bonchev–Trinajstić information content (AvgIpc) is 3.30. The van der Waals surface area contributed by atoms with E-state index in [1.807, 2.05) is 19.1 Å². The van der Waals surface area contributed by atoms with Gasteiger partial charge in [-0.1, -0.05) is 6.92 Å². The molecule has 1 amide bonds. The van der Waals surface area contributed by atoms with Gasteiger partial charge in [0.05, 0.1) is 11.6 Å². The van der Waals surface area contributed by atoms with E-state index in [4.69, 9.17) is 10.00 Å². The first kappa shape index (κ1) is 17.8. The second kappa shape index (κ2) is 8.35. The van der Waals surface area contributed by atoms with Crippen LogP contribution in [0.4, 0.5) is 0 Å². The number of likely N-dealkylation sites (tertiary alicyclic amines) is 2. The summed E-state index contributed by atoms with van der Waals surface area (Å²) >= 11 is 0. The fraction of sp³-hybridized carbons (Fsp3) is 0.600. The van der Waals surface area contributed by atoms with Gasteiger partial charge in [-0.3, -0.25) is 9.69 Å². The minimum absolute atomic E-state index is 0.295. The second-order valence-electron chi connectivity index (χ2n) is 6.88. The van der Waals surface area contributed by atoms with E-state index in [9.17, 15) is 4.79 Å². The molecule has 134 valence electrons. The van der Waals surface area contributed by atoms with Crippen molar-refractivity contribution in [1.82, 2.24) is 9.80 Å². The zero-order valence-electron chi connectivity index (χ0n) is 15.0. The summed E-state index contributed by atoms with van der Waals surface area (Å²) in [6.45, 7) is 5.48. The summed E-state index contributed by atoms with van der Waals surface area (Å²) in [6, 6.07) is 10.2. The quantitative estimate of drug-likeness (QED) is 0.798. The summed E-state index contributed by atoms with van der Waals surface area (Å²) in [5, 5.41) is 8.83. The first-order chi connectivity index (χ1) is 12.2. The minimum Gasteiger partial charge on any atom is -0.492 e. The van der Waals surface area contributed by atoms with E-state index in [-0.39, 0.29) is 0 Å². The third-order valence-electron chi connectivity index (χ3n) is 5.41. The van der Waals surface area contributed by atoms with Crippen LogP contribution in [0.3, 0.4) is 0 Å². The Balaban J connectivity index is 1.53. The van der Waals surface area contributed by atoms with Crippen molar-refractivity contribution in [3.8, 4) is 11.8 Å². The molecule has 0 aromatic heterocycles. The first-order valence-electron chi connectivity index (χ1n) is 9.39. The fourth-order valence-corrected chi connectivity index (χ4v) is 4.18. The van der Waals surface area contributed by atoms with E-state index in [0.29, 0.717) is 36.6 Å². The van der Waals surface area contributed by atoms with Crippen LogP contribution in [0.5, 0.6) is 5.75 Å². The van der Waals surface area contributed by atoms with Crippen molar-refractivity contribution in [2.75, 3.05) is 26.2 Å². The van der Waals surface area contributed by atoms with E-state index in [1.165, 1.54) is 12.8 Å². The third kappa shape index (κ3) is 4.13. The van der Waals surface area contributed by atoms with Gasteiger partial charge in [0.15, 0.2) is 0 Å². The maximum absolute atomic E-state index is 12.2. The molecule has 5 nitrogen and oxygen atoms in total. The Morgan fingerprint density at radius 2 is 1.92 bits per heavy atom. The van der Waals surface area contributed by atoms with Crippen molar-refractivity contribution in [2.45, 2.75) is 51.1 Å². The van der Waals surface area contributed by atoms with Crippen molar-refractivity contribution in [3.05, 3.63) is 29.8 Å². The van der Waals surface area contributed by atoms with Gasteiger partial charge < -0.3 is 9.64 Å². The summed E-state index contributed by atoms with van der Waals surface area (Å²) in [6.07, 6.45) is 5.23. The van der Waals surface area contributed by atoms with Crippen molar-refractivity contribution in [3.63, 3.8) is 0 Å². The Morgan fingerprint density at radius 1 is 1.20 bits per heavy atom. The summed E-state index contributed by atoms with van der Waals surface area (Å²) in [5.74, 6) is 1.10. The lowest BCUT2D eigenvalue weighted by Crippen LogP contribution is -2.49. The van der Waals surface area contributed by atoms with Gasteiger partial charge in [0.2, 0.25) is 5.91 Å². The number of carbonyl (C=O) groups excluding carboxylic acids is 1. The zero-order chi connectivity index (χ0) is 17.6. The fourth-order valence-electron chi connectivity index (χ4n) is 4.18. The molecule has 2 unspecified atom stereocenters. The molecule has 2 saturated heterocycles. The van der Waals surface area contributed by atoms with Gasteiger partial charge in [-0.25, -0.2) is 0 Å². The molecule has 0 spiro atoms. The highest BCUT2D eigenvalue weighted by Gasteiger charge is 2.38. The van der Waals surface area contributed by atoms with Gasteiger partial charge in [0, 0.05) is 31.6 Å². The average molecular weight is 341 g/mol. The molecule has 1 aromatic rings. The van der Waals surface area contributed by atoms with Crippen LogP contribution in [-0.4, -0.2) is 54.0 Å². The molecular weight excluding hydrogens is 314 g/mol. The van der Waals surface area contributed by atoms with Gasteiger partial charge >= 0.3 is 0 Å². The van der Waals surface area contributed by atoms with Crippen LogP contribution in [0.15, 0.2) is 24.3 Å². The van der Waals surface area contributed by atoms with E-state index < -0.39 is 0 Å². The molecule has 0 radical (unpaired) electrons. The number of ether oxygens (including phenoxy) is 1. The highest BCUT2D eigenvalue weighted by atomic mass is 16.5. The third-order valence-corrected chi connectivity index (χ3v) is 5.41. The molecule has 0 saturated carbocycles. The maximum atomic E-state index is 12.2. The van der Waals surface area contributed by atoms with Gasteiger partial charge in [0.25, 0.3) is 0 Å². The minimum atomic E-state index is 0.295. The van der Waals surface area contributed by atoms with Gasteiger partial charge in [-0.05, 0) is 56.5 Å². The highest BCUT2D eigenvalue weighted by Crippen LogP contribution is 2.30. The summed E-state index contributed by atoms with van der Waals surface area (Å²) in [7, 11) is 0. The van der Waals surface area contributed by atoms with Crippen molar-refractivity contribution >= 4 is 5.91 Å². The molecule has 0 aliphatic carbocycles. The molecule has 0 N–H and O–H groups in total. The predicted molar refractivity (Wildman–Crippen MR) is 96.3 cm³/mol. The Kier molecular flexibility index (Phi) is 5.93. The van der Waals surface area contributed by atoms with Crippen LogP contribution in [0.2, 0.25) is 0 Å². The maximum Gasteiger partial charge on any atom is 0.222 e. The molecule has 5 heteroatoms. The number of carbonyl (C=O) groups is 1. The molecule has 2 fully saturated rings. The Labute approximate surface area is 150 Å². The number of benzene rings is 1. The SMILES string of the molecule is CCC(=O)N1CCCC1C1CCCN1CCOc1ccc(C#N)cc1. The van der Waals surface area contributed by atoms with Crippen LogP contribution in [0.25, 0.3) is 0 Å². The molecule has 1 aromatic carbocycles. The summed E-state index contributed by atoms with van der Waals surface area (Å²) in [4.78, 5) is 16.8. The van der Waals surface area contributed by atoms with Crippen LogP contribution in [0, 0.1) is 11.3 Å². The Bertz CT molecular complexity index is 623. The smallest absolute Gasteiger partial charge is 0.222 e. The molecule has 3 rings (SSSR count). The van der Waals surface area contributed by atoms with E-state index in [0.717, 1.165) is 38.2 Å². The Morgan fingerprint density at radius 3 is 2.64 bits per heavy atom. The van der Waals surface area contributed by atoms with Crippen LogP contribution >= 0.6 is 0 Å². The predicted octanol–water partition coefficient (Wildman–Crippen LogP) is 2.80. The molecule has 2 aliphatic rings. The molecule has 2 aliphatic heterocycles. The van der Waals surface area contributed by atoms with Gasteiger partial charge in [-0.2, -0.15) is 5.26 Å². The van der Waals surface area contributed by atoms with E-state index >= 15 is 0 Å². The number of rotatable bonds is 6. The molecule has 0 bridgehead atoms. The normalized spacial score (nSPS) is 23.6. The lowest BCUT2D eigenvalue weighted by Gasteiger charge is -2.35. The van der Waals surface area contributed by atoms with Crippen molar-refractivity contribution in [2.24, 2.45) is 0 Å². The summed E-state index contributed by atoms with van der Waals surface area (Å²) < 4.78 is 5.84. The first-order valence-corrected chi connectivity index (χ1v) is 9.39. The van der Waals surface area contributed by atoms with Gasteiger partial charge in [-0.15, -0.1) is 0 Å². The van der Waals surface area contributed by atoms with Gasteiger partial charge in [0.1, 0.15) is 12.4 Å². The summed E-state index contributed by atoms with van der Waals surface area (Å²) in [5.41, 5.74) is 0.647. The second-order valence-corrected chi connectivity index (χ2v) is 6.88. The van der Waals surface area contributed by atoms with Crippen LogP contribution in [-0.2, 0) is 4.79 Å². The topological polar surface area (TPSA) is 56.6 Å². The molecule has 25 heavy (non-hydrogen) atoms. The molecule has 2 heterocycles. The van der Waals surface area contributed by atoms with Crippen molar-refractivity contribution < 1.29 is 9.53 Å².